The van der Waals surface area contributed by atoms with Gasteiger partial charge < -0.3 is 9.30 Å². The van der Waals surface area contributed by atoms with Crippen molar-refractivity contribution in [1.29, 1.82) is 0 Å². The summed E-state index contributed by atoms with van der Waals surface area (Å²) in [5, 5.41) is 10.7. The van der Waals surface area contributed by atoms with E-state index in [9.17, 15) is 19.3 Å². The van der Waals surface area contributed by atoms with Crippen LogP contribution in [0, 0.1) is 15.9 Å². The number of hydrogen-bond donors (Lipinski definition) is 0. The fourth-order valence-electron chi connectivity index (χ4n) is 2.35. The third-order valence-electron chi connectivity index (χ3n) is 3.55. The van der Waals surface area contributed by atoms with E-state index in [0.29, 0.717) is 27.5 Å². The van der Waals surface area contributed by atoms with Crippen molar-refractivity contribution in [2.45, 2.75) is 6.54 Å². The molecule has 0 fully saturated rings. The molecule has 10 heteroatoms. The Morgan fingerprint density at radius 2 is 2.19 bits per heavy atom. The molecule has 27 heavy (non-hydrogen) atoms. The Balaban J connectivity index is 1.92. The summed E-state index contributed by atoms with van der Waals surface area (Å²) >= 11 is 2.17. The molecule has 0 N–H and O–H groups in total. The summed E-state index contributed by atoms with van der Waals surface area (Å²) in [4.78, 5) is 27.5. The van der Waals surface area contributed by atoms with Crippen LogP contribution in [0.5, 0.6) is 0 Å². The SMILES string of the molecule is COCCn1c(=NC(=O)/C=C\c2ccc([N+](=O)[O-])s2)sc2cc(F)ccc21. The maximum Gasteiger partial charge on any atom is 0.324 e. The molecule has 0 aliphatic rings. The van der Waals surface area contributed by atoms with Crippen LogP contribution in [-0.2, 0) is 16.1 Å². The zero-order valence-electron chi connectivity index (χ0n) is 14.1. The van der Waals surface area contributed by atoms with Crippen LogP contribution in [0.25, 0.3) is 16.3 Å². The number of aromatic nitrogens is 1. The minimum Gasteiger partial charge on any atom is -0.383 e. The van der Waals surface area contributed by atoms with Crippen molar-refractivity contribution in [2.24, 2.45) is 4.99 Å². The van der Waals surface area contributed by atoms with Crippen molar-refractivity contribution in [1.82, 2.24) is 4.57 Å². The summed E-state index contributed by atoms with van der Waals surface area (Å²) in [5.74, 6) is -0.871. The highest BCUT2D eigenvalue weighted by molar-refractivity contribution is 7.16. The standard InChI is InChI=1S/C17H14FN3O4S2/c1-25-9-8-20-13-5-2-11(18)10-14(13)27-17(20)19-15(22)6-3-12-4-7-16(26-12)21(23)24/h2-7,10H,8-9H2,1H3/b6-3-,19-17?. The second-order valence-corrected chi connectivity index (χ2v) is 7.46. The Bertz CT molecular complexity index is 1100. The number of ether oxygens (including phenoxy) is 1. The van der Waals surface area contributed by atoms with Gasteiger partial charge >= 0.3 is 5.00 Å². The van der Waals surface area contributed by atoms with Crippen LogP contribution in [-0.4, -0.2) is 29.1 Å². The van der Waals surface area contributed by atoms with Gasteiger partial charge in [0.1, 0.15) is 5.82 Å². The number of thiophene rings is 1. The van der Waals surface area contributed by atoms with Gasteiger partial charge in [-0.2, -0.15) is 4.99 Å². The van der Waals surface area contributed by atoms with Crippen molar-refractivity contribution in [3.8, 4) is 0 Å². The largest absolute Gasteiger partial charge is 0.383 e. The Labute approximate surface area is 160 Å². The summed E-state index contributed by atoms with van der Waals surface area (Å²) in [5.41, 5.74) is 0.767. The van der Waals surface area contributed by atoms with Gasteiger partial charge in [-0.3, -0.25) is 14.9 Å². The number of methoxy groups -OCH3 is 1. The number of nitrogens with zero attached hydrogens (tertiary/aromatic N) is 3. The van der Waals surface area contributed by atoms with Gasteiger partial charge in [0.15, 0.2) is 4.80 Å². The van der Waals surface area contributed by atoms with E-state index in [0.717, 1.165) is 16.9 Å². The molecular formula is C17H14FN3O4S2. The summed E-state index contributed by atoms with van der Waals surface area (Å²) in [6.45, 7) is 0.883. The number of thiazole rings is 1. The first-order chi connectivity index (χ1) is 13.0. The quantitative estimate of drug-likeness (QED) is 0.355. The molecule has 0 unspecified atom stereocenters. The van der Waals surface area contributed by atoms with Gasteiger partial charge in [-0.15, -0.1) is 0 Å². The van der Waals surface area contributed by atoms with Gasteiger partial charge in [0, 0.05) is 30.7 Å². The molecule has 1 amide bonds. The molecule has 0 aliphatic carbocycles. The van der Waals surface area contributed by atoms with Gasteiger partial charge in [0.25, 0.3) is 5.91 Å². The molecule has 3 rings (SSSR count). The Hall–Kier alpha value is -2.69. The summed E-state index contributed by atoms with van der Waals surface area (Å²) < 4.78 is 21.0. The second-order valence-electron chi connectivity index (χ2n) is 5.36. The number of halogens is 1. The molecule has 0 radical (unpaired) electrons. The van der Waals surface area contributed by atoms with Crippen molar-refractivity contribution in [2.75, 3.05) is 13.7 Å². The molecule has 140 valence electrons. The van der Waals surface area contributed by atoms with Crippen molar-refractivity contribution in [3.63, 3.8) is 0 Å². The Morgan fingerprint density at radius 3 is 2.89 bits per heavy atom. The molecule has 2 heterocycles. The number of fused-ring (bicyclic) bond motifs is 1. The normalized spacial score (nSPS) is 12.3. The molecule has 0 aliphatic heterocycles. The molecule has 0 bridgehead atoms. The first-order valence-electron chi connectivity index (χ1n) is 7.77. The molecule has 0 atom stereocenters. The topological polar surface area (TPSA) is 86.7 Å². The number of benzene rings is 1. The number of hydrogen-bond acceptors (Lipinski definition) is 6. The Kier molecular flexibility index (Phi) is 5.89. The lowest BCUT2D eigenvalue weighted by molar-refractivity contribution is -0.380. The number of carbonyl (C=O) groups is 1. The molecule has 7 nitrogen and oxygen atoms in total. The predicted octanol–water partition coefficient (Wildman–Crippen LogP) is 3.60. The van der Waals surface area contributed by atoms with Crippen molar-refractivity contribution in [3.05, 3.63) is 62.0 Å². The van der Waals surface area contributed by atoms with Crippen molar-refractivity contribution < 1.29 is 18.8 Å². The van der Waals surface area contributed by atoms with Crippen LogP contribution in [0.2, 0.25) is 0 Å². The number of carbonyl (C=O) groups excluding carboxylic acids is 1. The molecule has 0 spiro atoms. The van der Waals surface area contributed by atoms with Crippen LogP contribution >= 0.6 is 22.7 Å². The number of amides is 1. The van der Waals surface area contributed by atoms with Gasteiger partial charge in [-0.1, -0.05) is 22.7 Å². The summed E-state index contributed by atoms with van der Waals surface area (Å²) in [7, 11) is 1.57. The van der Waals surface area contributed by atoms with E-state index in [-0.39, 0.29) is 10.8 Å². The summed E-state index contributed by atoms with van der Waals surface area (Å²) in [6.07, 6.45) is 2.73. The van der Waals surface area contributed by atoms with E-state index in [1.54, 1.807) is 23.8 Å². The summed E-state index contributed by atoms with van der Waals surface area (Å²) in [6, 6.07) is 7.33. The van der Waals surface area contributed by atoms with Gasteiger partial charge in [-0.05, 0) is 30.3 Å². The van der Waals surface area contributed by atoms with Crippen LogP contribution < -0.4 is 4.80 Å². The third kappa shape index (κ3) is 4.54. The fourth-order valence-corrected chi connectivity index (χ4v) is 4.16. The highest BCUT2D eigenvalue weighted by atomic mass is 32.1. The average molecular weight is 407 g/mol. The molecule has 0 saturated heterocycles. The van der Waals surface area contributed by atoms with Crippen LogP contribution in [0.15, 0.2) is 41.4 Å². The van der Waals surface area contributed by atoms with E-state index in [1.165, 1.54) is 41.7 Å². The molecular weight excluding hydrogens is 393 g/mol. The lowest BCUT2D eigenvalue weighted by Gasteiger charge is -2.03. The molecule has 2 aromatic heterocycles. The van der Waals surface area contributed by atoms with E-state index in [2.05, 4.69) is 4.99 Å². The Morgan fingerprint density at radius 1 is 1.37 bits per heavy atom. The fraction of sp³-hybridized carbons (Fsp3) is 0.176. The van der Waals surface area contributed by atoms with Gasteiger partial charge in [-0.25, -0.2) is 4.39 Å². The highest BCUT2D eigenvalue weighted by Crippen LogP contribution is 2.24. The zero-order valence-corrected chi connectivity index (χ0v) is 15.8. The monoisotopic (exact) mass is 407 g/mol. The van der Waals surface area contributed by atoms with E-state index in [1.807, 2.05) is 0 Å². The zero-order chi connectivity index (χ0) is 19.4. The molecule has 1 aromatic carbocycles. The van der Waals surface area contributed by atoms with Gasteiger partial charge in [0.2, 0.25) is 0 Å². The second kappa shape index (κ2) is 8.33. The van der Waals surface area contributed by atoms with Crippen LogP contribution in [0.4, 0.5) is 9.39 Å². The van der Waals surface area contributed by atoms with E-state index in [4.69, 9.17) is 4.74 Å². The molecule has 0 saturated carbocycles. The maximum atomic E-state index is 13.5. The van der Waals surface area contributed by atoms with Crippen molar-refractivity contribution >= 4 is 49.9 Å². The van der Waals surface area contributed by atoms with E-state index >= 15 is 0 Å². The number of rotatable bonds is 6. The minimum atomic E-state index is -0.510. The van der Waals surface area contributed by atoms with Crippen LogP contribution in [0.3, 0.4) is 0 Å². The first-order valence-corrected chi connectivity index (χ1v) is 9.40. The van der Waals surface area contributed by atoms with E-state index < -0.39 is 10.8 Å². The number of nitro groups is 1. The maximum absolute atomic E-state index is 13.5. The lowest BCUT2D eigenvalue weighted by atomic mass is 10.3. The third-order valence-corrected chi connectivity index (χ3v) is 5.60. The average Bonchev–Trinajstić information content (AvgIpc) is 3.22. The smallest absolute Gasteiger partial charge is 0.324 e. The minimum absolute atomic E-state index is 0.00276. The lowest BCUT2D eigenvalue weighted by Crippen LogP contribution is -2.18. The predicted molar refractivity (Wildman–Crippen MR) is 102 cm³/mol. The van der Waals surface area contributed by atoms with Crippen LogP contribution in [0.1, 0.15) is 4.88 Å². The van der Waals surface area contributed by atoms with Gasteiger partial charge in [0.05, 0.1) is 21.7 Å². The first kappa shape index (κ1) is 19.1. The highest BCUT2D eigenvalue weighted by Gasteiger charge is 2.09. The molecule has 3 aromatic rings.